The quantitative estimate of drug-likeness (QED) is 0.563. The first-order valence-electron chi connectivity index (χ1n) is 4.10. The van der Waals surface area contributed by atoms with E-state index in [0.717, 1.165) is 24.3 Å². The first-order chi connectivity index (χ1) is 4.40. The lowest BCUT2D eigenvalue weighted by Gasteiger charge is -2.18. The van der Waals surface area contributed by atoms with E-state index in [2.05, 4.69) is 0 Å². The number of fused-ring (bicyclic) bond motifs is 2. The summed E-state index contributed by atoms with van der Waals surface area (Å²) in [6, 6.07) is 0. The normalized spacial score (nSPS) is 48.3. The van der Waals surface area contributed by atoms with Gasteiger partial charge in [-0.15, -0.1) is 0 Å². The van der Waals surface area contributed by atoms with Crippen LogP contribution in [-0.4, -0.2) is 6.54 Å². The highest BCUT2D eigenvalue weighted by molar-refractivity contribution is 4.89. The van der Waals surface area contributed by atoms with Gasteiger partial charge in [-0.3, -0.25) is 0 Å². The van der Waals surface area contributed by atoms with Gasteiger partial charge in [-0.1, -0.05) is 6.42 Å². The van der Waals surface area contributed by atoms with Gasteiger partial charge in [-0.05, 0) is 43.6 Å². The fourth-order valence-electron chi connectivity index (χ4n) is 2.67. The summed E-state index contributed by atoms with van der Waals surface area (Å²) in [5, 5.41) is 0. The Hall–Kier alpha value is -0.0400. The van der Waals surface area contributed by atoms with Gasteiger partial charge in [0.1, 0.15) is 0 Å². The summed E-state index contributed by atoms with van der Waals surface area (Å²) in [6.07, 6.45) is 5.93. The van der Waals surface area contributed by atoms with Crippen molar-refractivity contribution in [1.82, 2.24) is 0 Å². The SMILES string of the molecule is NCC1C[C@@H]2CCC1C2. The molecule has 0 aliphatic heterocycles. The zero-order valence-corrected chi connectivity index (χ0v) is 5.84. The minimum Gasteiger partial charge on any atom is -0.330 e. The highest BCUT2D eigenvalue weighted by Crippen LogP contribution is 2.47. The van der Waals surface area contributed by atoms with Crippen LogP contribution in [0.3, 0.4) is 0 Å². The van der Waals surface area contributed by atoms with Crippen LogP contribution in [0.2, 0.25) is 0 Å². The molecule has 0 aromatic carbocycles. The van der Waals surface area contributed by atoms with Crippen molar-refractivity contribution in [1.29, 1.82) is 0 Å². The fraction of sp³-hybridized carbons (Fsp3) is 1.00. The summed E-state index contributed by atoms with van der Waals surface area (Å²) in [7, 11) is 0. The van der Waals surface area contributed by atoms with Crippen LogP contribution in [-0.2, 0) is 0 Å². The molecule has 0 heterocycles. The van der Waals surface area contributed by atoms with E-state index < -0.39 is 0 Å². The van der Waals surface area contributed by atoms with E-state index in [1.807, 2.05) is 0 Å². The summed E-state index contributed by atoms with van der Waals surface area (Å²) in [5.41, 5.74) is 5.62. The van der Waals surface area contributed by atoms with Crippen molar-refractivity contribution in [2.75, 3.05) is 6.54 Å². The molecular formula is C8H15N. The van der Waals surface area contributed by atoms with Gasteiger partial charge in [-0.2, -0.15) is 0 Å². The largest absolute Gasteiger partial charge is 0.330 e. The van der Waals surface area contributed by atoms with Crippen LogP contribution in [0, 0.1) is 17.8 Å². The molecule has 0 amide bonds. The lowest BCUT2D eigenvalue weighted by atomic mass is 9.89. The van der Waals surface area contributed by atoms with Gasteiger partial charge in [0.05, 0.1) is 0 Å². The highest BCUT2D eigenvalue weighted by Gasteiger charge is 2.38. The third-order valence-corrected chi connectivity index (χ3v) is 3.19. The van der Waals surface area contributed by atoms with Crippen LogP contribution in [0.25, 0.3) is 0 Å². The van der Waals surface area contributed by atoms with Gasteiger partial charge < -0.3 is 5.73 Å². The van der Waals surface area contributed by atoms with E-state index in [-0.39, 0.29) is 0 Å². The number of hydrogen-bond acceptors (Lipinski definition) is 1. The first-order valence-corrected chi connectivity index (χ1v) is 4.10. The minimum atomic E-state index is 0.906. The van der Waals surface area contributed by atoms with Gasteiger partial charge in [0.25, 0.3) is 0 Å². The van der Waals surface area contributed by atoms with E-state index in [1.54, 1.807) is 0 Å². The van der Waals surface area contributed by atoms with Gasteiger partial charge in [-0.25, -0.2) is 0 Å². The Morgan fingerprint density at radius 3 is 2.44 bits per heavy atom. The van der Waals surface area contributed by atoms with Crippen LogP contribution in [0.1, 0.15) is 25.7 Å². The van der Waals surface area contributed by atoms with Crippen molar-refractivity contribution in [2.45, 2.75) is 25.7 Å². The van der Waals surface area contributed by atoms with E-state index in [4.69, 9.17) is 5.73 Å². The molecular weight excluding hydrogens is 110 g/mol. The third kappa shape index (κ3) is 0.787. The van der Waals surface area contributed by atoms with Crippen molar-refractivity contribution in [2.24, 2.45) is 23.5 Å². The second kappa shape index (κ2) is 1.98. The van der Waals surface area contributed by atoms with Crippen LogP contribution >= 0.6 is 0 Å². The monoisotopic (exact) mass is 125 g/mol. The molecule has 0 radical (unpaired) electrons. The number of hydrogen-bond donors (Lipinski definition) is 1. The summed E-state index contributed by atoms with van der Waals surface area (Å²) in [4.78, 5) is 0. The number of nitrogens with two attached hydrogens (primary N) is 1. The van der Waals surface area contributed by atoms with E-state index in [1.165, 1.54) is 25.7 Å². The van der Waals surface area contributed by atoms with Gasteiger partial charge in [0.15, 0.2) is 0 Å². The molecule has 2 aliphatic carbocycles. The maximum absolute atomic E-state index is 5.62. The van der Waals surface area contributed by atoms with E-state index >= 15 is 0 Å². The van der Waals surface area contributed by atoms with E-state index in [9.17, 15) is 0 Å². The molecule has 2 aliphatic rings. The molecule has 2 fully saturated rings. The van der Waals surface area contributed by atoms with Gasteiger partial charge in [0.2, 0.25) is 0 Å². The van der Waals surface area contributed by atoms with Gasteiger partial charge in [0, 0.05) is 0 Å². The molecule has 2 saturated carbocycles. The Morgan fingerprint density at radius 1 is 1.22 bits per heavy atom. The van der Waals surface area contributed by atoms with Crippen molar-refractivity contribution >= 4 is 0 Å². The lowest BCUT2D eigenvalue weighted by Crippen LogP contribution is -2.19. The van der Waals surface area contributed by atoms with E-state index in [0.29, 0.717) is 0 Å². The minimum absolute atomic E-state index is 0.906. The Morgan fingerprint density at radius 2 is 2.11 bits per heavy atom. The molecule has 52 valence electrons. The van der Waals surface area contributed by atoms with Crippen molar-refractivity contribution in [3.05, 3.63) is 0 Å². The predicted octanol–water partition coefficient (Wildman–Crippen LogP) is 1.38. The Kier molecular flexibility index (Phi) is 1.26. The molecule has 0 aromatic heterocycles. The smallest absolute Gasteiger partial charge is 0.00461 e. The maximum Gasteiger partial charge on any atom is -0.00461 e. The molecule has 0 saturated heterocycles. The summed E-state index contributed by atoms with van der Waals surface area (Å²) < 4.78 is 0. The van der Waals surface area contributed by atoms with Crippen LogP contribution in [0.5, 0.6) is 0 Å². The third-order valence-electron chi connectivity index (χ3n) is 3.19. The van der Waals surface area contributed by atoms with Crippen LogP contribution in [0.15, 0.2) is 0 Å². The second-order valence-electron chi connectivity index (χ2n) is 3.67. The molecule has 2 bridgehead atoms. The molecule has 0 spiro atoms. The molecule has 1 nitrogen and oxygen atoms in total. The Bertz CT molecular complexity index is 111. The molecule has 2 unspecified atom stereocenters. The zero-order valence-electron chi connectivity index (χ0n) is 5.84. The molecule has 9 heavy (non-hydrogen) atoms. The van der Waals surface area contributed by atoms with Crippen molar-refractivity contribution in [3.63, 3.8) is 0 Å². The molecule has 1 heteroatoms. The van der Waals surface area contributed by atoms with Gasteiger partial charge >= 0.3 is 0 Å². The molecule has 3 atom stereocenters. The van der Waals surface area contributed by atoms with Crippen molar-refractivity contribution < 1.29 is 0 Å². The average Bonchev–Trinajstić information content (AvgIpc) is 2.45. The summed E-state index contributed by atoms with van der Waals surface area (Å²) >= 11 is 0. The maximum atomic E-state index is 5.62. The lowest BCUT2D eigenvalue weighted by molar-refractivity contribution is 0.341. The standard InChI is InChI=1S/C8H15N/c9-5-8-4-6-1-2-7(8)3-6/h6-8H,1-5,9H2/t6-,7?,8?/m1/s1. The van der Waals surface area contributed by atoms with Crippen molar-refractivity contribution in [3.8, 4) is 0 Å². The molecule has 2 N–H and O–H groups in total. The first kappa shape index (κ1) is 5.72. The predicted molar refractivity (Wildman–Crippen MR) is 38.0 cm³/mol. The second-order valence-corrected chi connectivity index (χ2v) is 3.67. The molecule has 2 rings (SSSR count). The summed E-state index contributed by atoms with van der Waals surface area (Å²) in [5.74, 6) is 3.01. The van der Waals surface area contributed by atoms with Crippen LogP contribution in [0.4, 0.5) is 0 Å². The number of rotatable bonds is 1. The van der Waals surface area contributed by atoms with Crippen LogP contribution < -0.4 is 5.73 Å². The zero-order chi connectivity index (χ0) is 6.27. The Labute approximate surface area is 56.6 Å². The topological polar surface area (TPSA) is 26.0 Å². The molecule has 0 aromatic rings. The average molecular weight is 125 g/mol. The Balaban J connectivity index is 2.01. The highest BCUT2D eigenvalue weighted by atomic mass is 14.6. The fourth-order valence-corrected chi connectivity index (χ4v) is 2.67. The summed E-state index contributed by atoms with van der Waals surface area (Å²) in [6.45, 7) is 0.946.